The van der Waals surface area contributed by atoms with E-state index in [1.54, 1.807) is 0 Å². The van der Waals surface area contributed by atoms with Gasteiger partial charge in [-0.2, -0.15) is 41.8 Å². The van der Waals surface area contributed by atoms with Gasteiger partial charge < -0.3 is 6.92 Å². The monoisotopic (exact) mass is 293 g/mol. The molecule has 1 rings (SSSR count). The maximum Gasteiger partial charge on any atom is 0 e. The van der Waals surface area contributed by atoms with E-state index in [0.29, 0.717) is 11.8 Å². The minimum Gasteiger partial charge on any atom is -0.343 e. The number of hydrogen-bond acceptors (Lipinski definition) is 0. The van der Waals surface area contributed by atoms with Crippen LogP contribution in [-0.2, 0) is 32.7 Å². The Bertz CT molecular complexity index is 249. The van der Waals surface area contributed by atoms with E-state index < -0.39 is 0 Å². The first-order chi connectivity index (χ1) is 7.15. The molecule has 0 amide bonds. The van der Waals surface area contributed by atoms with Gasteiger partial charge in [0.25, 0.3) is 0 Å². The van der Waals surface area contributed by atoms with Crippen molar-refractivity contribution in [2.45, 2.75) is 52.9 Å². The van der Waals surface area contributed by atoms with E-state index >= 15 is 0 Å². The molecular weight excluding hydrogens is 269 g/mol. The molecule has 0 aliphatic rings. The molecule has 0 heterocycles. The van der Waals surface area contributed by atoms with Gasteiger partial charge in [-0.1, -0.05) is 46.5 Å². The minimum absolute atomic E-state index is 0. The molecule has 1 radical (unpaired) electrons. The molecule has 1 heteroatoms. The van der Waals surface area contributed by atoms with Gasteiger partial charge in [0.05, 0.1) is 0 Å². The van der Waals surface area contributed by atoms with Gasteiger partial charge in [0.15, 0.2) is 0 Å². The van der Waals surface area contributed by atoms with Crippen LogP contribution in [0.25, 0.3) is 0 Å². The molecule has 89 valence electrons. The third kappa shape index (κ3) is 6.16. The van der Waals surface area contributed by atoms with E-state index in [0.717, 1.165) is 6.42 Å². The van der Waals surface area contributed by atoms with Crippen LogP contribution in [0.2, 0.25) is 0 Å². The number of rotatable bonds is 3. The van der Waals surface area contributed by atoms with E-state index in [-0.39, 0.29) is 32.7 Å². The normalized spacial score (nSPS) is 11.2. The summed E-state index contributed by atoms with van der Waals surface area (Å²) in [5.41, 5.74) is 2.64. The van der Waals surface area contributed by atoms with E-state index in [4.69, 9.17) is 0 Å². The smallest absolute Gasteiger partial charge is 0 e. The summed E-state index contributed by atoms with van der Waals surface area (Å²) in [5.74, 6) is 1.13. The van der Waals surface area contributed by atoms with Crippen LogP contribution in [0.4, 0.5) is 0 Å². The van der Waals surface area contributed by atoms with Crippen LogP contribution >= 0.6 is 0 Å². The van der Waals surface area contributed by atoms with Crippen molar-refractivity contribution in [3.8, 4) is 0 Å². The van der Waals surface area contributed by atoms with Crippen LogP contribution in [0.15, 0.2) is 18.2 Å². The van der Waals surface area contributed by atoms with Gasteiger partial charge in [0.1, 0.15) is 0 Å². The van der Waals surface area contributed by atoms with Crippen LogP contribution < -0.4 is 0 Å². The van der Waals surface area contributed by atoms with E-state index in [1.165, 1.54) is 11.1 Å². The van der Waals surface area contributed by atoms with Crippen LogP contribution in [0.3, 0.4) is 0 Å². The molecule has 1 aromatic carbocycles. The average Bonchev–Trinajstić information content (AvgIpc) is 2.31. The van der Waals surface area contributed by atoms with Crippen LogP contribution in [0.1, 0.15) is 64.0 Å². The Labute approximate surface area is 127 Å². The second-order valence-corrected chi connectivity index (χ2v) is 3.92. The summed E-state index contributed by atoms with van der Waals surface area (Å²) in [7, 11) is 0. The summed E-state index contributed by atoms with van der Waals surface area (Å²) in [5, 5.41) is 0. The molecule has 1 atom stereocenters. The molecule has 0 fully saturated rings. The van der Waals surface area contributed by atoms with Gasteiger partial charge in [0, 0.05) is 32.7 Å². The van der Waals surface area contributed by atoms with Crippen molar-refractivity contribution >= 4 is 0 Å². The van der Waals surface area contributed by atoms with Crippen LogP contribution in [0, 0.1) is 13.0 Å². The summed E-state index contributed by atoms with van der Waals surface area (Å²) < 4.78 is 0. The molecule has 0 spiro atoms. The fraction of sp³-hybridized carbons (Fsp3) is 0.533. The molecule has 0 bridgehead atoms. The second-order valence-electron chi connectivity index (χ2n) is 3.92. The van der Waals surface area contributed by atoms with Crippen molar-refractivity contribution in [3.63, 3.8) is 0 Å². The minimum atomic E-state index is 0. The van der Waals surface area contributed by atoms with Gasteiger partial charge in [-0.25, -0.2) is 0 Å². The Kier molecular flexibility index (Phi) is 12.2. The fourth-order valence-corrected chi connectivity index (χ4v) is 1.27. The first-order valence-corrected chi connectivity index (χ1v) is 5.96. The molecule has 0 aromatic heterocycles. The molecule has 1 aromatic rings. The number of benzene rings is 1. The Morgan fingerprint density at radius 3 is 2.06 bits per heavy atom. The van der Waals surface area contributed by atoms with Crippen molar-refractivity contribution in [1.29, 1.82) is 0 Å². The summed E-state index contributed by atoms with van der Waals surface area (Å²) in [6.07, 6.45) is 0.942. The zero-order valence-electron chi connectivity index (χ0n) is 11.4. The first kappa shape index (κ1) is 18.7. The van der Waals surface area contributed by atoms with Crippen molar-refractivity contribution in [1.82, 2.24) is 0 Å². The van der Waals surface area contributed by atoms with Crippen LogP contribution in [0.5, 0.6) is 0 Å². The molecule has 0 saturated carbocycles. The van der Waals surface area contributed by atoms with Crippen molar-refractivity contribution < 1.29 is 32.7 Å². The maximum absolute atomic E-state index is 3.90. The predicted molar refractivity (Wildman–Crippen MR) is 69.1 cm³/mol. The summed E-state index contributed by atoms with van der Waals surface area (Å²) in [6.45, 7) is 14.5. The van der Waals surface area contributed by atoms with Crippen molar-refractivity contribution in [2.75, 3.05) is 0 Å². The van der Waals surface area contributed by atoms with Gasteiger partial charge in [-0.15, -0.1) is 0 Å². The summed E-state index contributed by atoms with van der Waals surface area (Å²) >= 11 is 0. The zero-order chi connectivity index (χ0) is 11.8. The summed E-state index contributed by atoms with van der Waals surface area (Å²) in [4.78, 5) is 0. The molecule has 0 aliphatic heterocycles. The Balaban J connectivity index is 0. The van der Waals surface area contributed by atoms with Gasteiger partial charge >= 0.3 is 0 Å². The fourth-order valence-electron chi connectivity index (χ4n) is 1.27. The van der Waals surface area contributed by atoms with E-state index in [9.17, 15) is 0 Å². The predicted octanol–water partition coefficient (Wildman–Crippen LogP) is 4.96. The van der Waals surface area contributed by atoms with Crippen molar-refractivity contribution in [3.05, 3.63) is 42.3 Å². The average molecular weight is 293 g/mol. The van der Waals surface area contributed by atoms with E-state index in [2.05, 4.69) is 52.0 Å². The molecule has 0 N–H and O–H groups in total. The Morgan fingerprint density at radius 2 is 1.75 bits per heavy atom. The van der Waals surface area contributed by atoms with Gasteiger partial charge in [0.2, 0.25) is 0 Å². The van der Waals surface area contributed by atoms with Crippen LogP contribution in [-0.4, -0.2) is 0 Å². The quantitative estimate of drug-likeness (QED) is 0.691. The molecular formula is C15H24Y-2. The molecule has 16 heavy (non-hydrogen) atoms. The Morgan fingerprint density at radius 1 is 1.19 bits per heavy atom. The van der Waals surface area contributed by atoms with Gasteiger partial charge in [-0.3, -0.25) is 0 Å². The standard InChI is InChI=1S/C13H18.C2H6.Y/c1-5-11(4)13-8-6-12(7-9-13)10(2)3;1-2;/h6-8,10-11H,1,5H2,2-4H3;1-2H3;/q-2;;. The van der Waals surface area contributed by atoms with Gasteiger partial charge in [-0.05, 0) is 0 Å². The third-order valence-corrected chi connectivity index (χ3v) is 2.49. The third-order valence-electron chi connectivity index (χ3n) is 2.49. The molecule has 0 saturated heterocycles. The topological polar surface area (TPSA) is 0 Å². The second kappa shape index (κ2) is 10.5. The summed E-state index contributed by atoms with van der Waals surface area (Å²) in [6, 6.07) is 9.80. The SMILES string of the molecule is CC.[CH2-]CC(C)c1[c-]cc(C(C)C)cc1.[Y]. The molecule has 0 nitrogen and oxygen atoms in total. The van der Waals surface area contributed by atoms with Crippen molar-refractivity contribution in [2.24, 2.45) is 0 Å². The Hall–Kier alpha value is 0.324. The van der Waals surface area contributed by atoms with E-state index in [1.807, 2.05) is 13.8 Å². The largest absolute Gasteiger partial charge is 0.343 e. The molecule has 1 unspecified atom stereocenters. The first-order valence-electron chi connectivity index (χ1n) is 5.96. The zero-order valence-corrected chi connectivity index (χ0v) is 14.2. The maximum atomic E-state index is 3.90. The molecule has 0 aliphatic carbocycles. The number of hydrogen-bond donors (Lipinski definition) is 0.